The maximum atomic E-state index is 12.2. The van der Waals surface area contributed by atoms with E-state index in [1.807, 2.05) is 33.2 Å². The van der Waals surface area contributed by atoms with E-state index in [0.29, 0.717) is 18.5 Å². The lowest BCUT2D eigenvalue weighted by Crippen LogP contribution is -2.52. The minimum absolute atomic E-state index is 0.159. The van der Waals surface area contributed by atoms with E-state index in [0.717, 1.165) is 40.7 Å². The van der Waals surface area contributed by atoms with Gasteiger partial charge < -0.3 is 14.8 Å². The highest BCUT2D eigenvalue weighted by Gasteiger charge is 2.30. The summed E-state index contributed by atoms with van der Waals surface area (Å²) in [6.07, 6.45) is 7.65. The fourth-order valence-electron chi connectivity index (χ4n) is 3.54. The highest BCUT2D eigenvalue weighted by Crippen LogP contribution is 2.32. The molecule has 1 fully saturated rings. The Hall–Kier alpha value is -2.52. The number of aliphatic imine (C=N–C) groups is 1. The SMILES string of the molecule is CC1C=NC(c2csc3cnc(N[C@@H]4CCCO[C@H]4NC(=O)OC(C)(C)C)nc23)=CC1. The molecule has 8 nitrogen and oxygen atoms in total. The summed E-state index contributed by atoms with van der Waals surface area (Å²) in [5.41, 5.74) is 2.30. The Morgan fingerprint density at radius 3 is 2.94 bits per heavy atom. The van der Waals surface area contributed by atoms with Crippen molar-refractivity contribution in [1.29, 1.82) is 0 Å². The van der Waals surface area contributed by atoms with Gasteiger partial charge in [0.25, 0.3) is 0 Å². The molecule has 1 saturated heterocycles. The van der Waals surface area contributed by atoms with E-state index in [-0.39, 0.29) is 6.04 Å². The van der Waals surface area contributed by atoms with Crippen LogP contribution < -0.4 is 10.6 Å². The monoisotopic (exact) mass is 443 g/mol. The minimum atomic E-state index is -0.570. The highest BCUT2D eigenvalue weighted by atomic mass is 32.1. The number of hydrogen-bond donors (Lipinski definition) is 2. The highest BCUT2D eigenvalue weighted by molar-refractivity contribution is 7.17. The van der Waals surface area contributed by atoms with Crippen molar-refractivity contribution in [1.82, 2.24) is 15.3 Å². The molecule has 1 unspecified atom stereocenters. The van der Waals surface area contributed by atoms with Crippen molar-refractivity contribution in [2.24, 2.45) is 10.9 Å². The van der Waals surface area contributed by atoms with Crippen LogP contribution in [0.15, 0.2) is 22.6 Å². The maximum Gasteiger partial charge on any atom is 0.409 e. The fraction of sp³-hybridized carbons (Fsp3) is 0.545. The molecule has 2 N–H and O–H groups in total. The van der Waals surface area contributed by atoms with Crippen LogP contribution in [0.2, 0.25) is 0 Å². The summed E-state index contributed by atoms with van der Waals surface area (Å²) in [5, 5.41) is 8.25. The average molecular weight is 444 g/mol. The first-order valence-corrected chi connectivity index (χ1v) is 11.5. The molecule has 2 aliphatic rings. The first kappa shape index (κ1) is 21.7. The lowest BCUT2D eigenvalue weighted by Gasteiger charge is -2.33. The average Bonchev–Trinajstić information content (AvgIpc) is 3.12. The van der Waals surface area contributed by atoms with E-state index in [1.165, 1.54) is 0 Å². The van der Waals surface area contributed by atoms with Crippen LogP contribution in [0.1, 0.15) is 52.5 Å². The zero-order chi connectivity index (χ0) is 22.0. The molecule has 0 radical (unpaired) electrons. The number of hydrogen-bond acceptors (Lipinski definition) is 8. The molecule has 4 heterocycles. The third-order valence-corrected chi connectivity index (χ3v) is 5.94. The van der Waals surface area contributed by atoms with E-state index >= 15 is 0 Å². The molecule has 4 rings (SSSR count). The minimum Gasteiger partial charge on any atom is -0.444 e. The molecule has 0 saturated carbocycles. The topological polar surface area (TPSA) is 97.7 Å². The second kappa shape index (κ2) is 8.92. The standard InChI is InChI=1S/C22H29N5O3S/c1-13-7-8-15(23-10-13)14-12-31-17-11-24-20(26-18(14)17)25-16-6-5-9-29-19(16)27-21(28)30-22(2,3)4/h8,10-13,16,19H,5-7,9H2,1-4H3,(H,27,28)(H,24,25,26)/t13?,16-,19-/m1/s1. The Kier molecular flexibility index (Phi) is 6.24. The van der Waals surface area contributed by atoms with Gasteiger partial charge in [-0.3, -0.25) is 10.3 Å². The van der Waals surface area contributed by atoms with Gasteiger partial charge in [0.1, 0.15) is 5.60 Å². The van der Waals surface area contributed by atoms with Gasteiger partial charge in [-0.1, -0.05) is 13.0 Å². The number of allylic oxidation sites excluding steroid dienone is 1. The molecular weight excluding hydrogens is 414 g/mol. The molecular formula is C22H29N5O3S. The predicted octanol–water partition coefficient (Wildman–Crippen LogP) is 4.58. The molecule has 166 valence electrons. The molecule has 2 aromatic heterocycles. The Labute approximate surface area is 186 Å². The number of alkyl carbamates (subject to hydrolysis) is 1. The first-order valence-electron chi connectivity index (χ1n) is 10.6. The quantitative estimate of drug-likeness (QED) is 0.718. The van der Waals surface area contributed by atoms with Crippen molar-refractivity contribution in [3.8, 4) is 0 Å². The summed E-state index contributed by atoms with van der Waals surface area (Å²) in [7, 11) is 0. The van der Waals surface area contributed by atoms with E-state index < -0.39 is 17.9 Å². The number of aromatic nitrogens is 2. The van der Waals surface area contributed by atoms with Crippen molar-refractivity contribution < 1.29 is 14.3 Å². The maximum absolute atomic E-state index is 12.2. The smallest absolute Gasteiger partial charge is 0.409 e. The van der Waals surface area contributed by atoms with Crippen molar-refractivity contribution in [2.75, 3.05) is 11.9 Å². The molecule has 0 aliphatic carbocycles. The van der Waals surface area contributed by atoms with Gasteiger partial charge in [0.05, 0.1) is 28.2 Å². The molecule has 0 bridgehead atoms. The number of nitrogens with one attached hydrogen (secondary N) is 2. The van der Waals surface area contributed by atoms with Crippen LogP contribution in [0, 0.1) is 5.92 Å². The molecule has 3 atom stereocenters. The molecule has 1 amide bonds. The molecule has 31 heavy (non-hydrogen) atoms. The van der Waals surface area contributed by atoms with Crippen molar-refractivity contribution in [3.63, 3.8) is 0 Å². The van der Waals surface area contributed by atoms with Crippen LogP contribution in [-0.2, 0) is 9.47 Å². The summed E-state index contributed by atoms with van der Waals surface area (Å²) in [6, 6.07) is -0.159. The molecule has 0 spiro atoms. The molecule has 9 heteroatoms. The number of nitrogens with zero attached hydrogens (tertiary/aromatic N) is 3. The predicted molar refractivity (Wildman–Crippen MR) is 123 cm³/mol. The molecule has 2 aliphatic heterocycles. The number of carbonyl (C=O) groups is 1. The third-order valence-electron chi connectivity index (χ3n) is 5.04. The van der Waals surface area contributed by atoms with Crippen LogP contribution in [0.3, 0.4) is 0 Å². The Morgan fingerprint density at radius 1 is 1.35 bits per heavy atom. The largest absolute Gasteiger partial charge is 0.444 e. The summed E-state index contributed by atoms with van der Waals surface area (Å²) < 4.78 is 12.2. The van der Waals surface area contributed by atoms with Gasteiger partial charge in [0.15, 0.2) is 6.23 Å². The Balaban J connectivity index is 1.51. The van der Waals surface area contributed by atoms with Gasteiger partial charge in [-0.05, 0) is 46.0 Å². The summed E-state index contributed by atoms with van der Waals surface area (Å²) in [6.45, 7) is 8.23. The van der Waals surface area contributed by atoms with Gasteiger partial charge in [-0.15, -0.1) is 11.3 Å². The van der Waals surface area contributed by atoms with Gasteiger partial charge in [0, 0.05) is 23.8 Å². The zero-order valence-electron chi connectivity index (χ0n) is 18.3. The van der Waals surface area contributed by atoms with E-state index in [4.69, 9.17) is 14.5 Å². The van der Waals surface area contributed by atoms with Crippen molar-refractivity contribution in [3.05, 3.63) is 23.2 Å². The number of rotatable bonds is 4. The first-order chi connectivity index (χ1) is 14.8. The fourth-order valence-corrected chi connectivity index (χ4v) is 4.40. The Morgan fingerprint density at radius 2 is 2.19 bits per heavy atom. The van der Waals surface area contributed by atoms with E-state index in [9.17, 15) is 4.79 Å². The number of fused-ring (bicyclic) bond motifs is 1. The van der Waals surface area contributed by atoms with Crippen LogP contribution in [-0.4, -0.2) is 46.8 Å². The summed E-state index contributed by atoms with van der Waals surface area (Å²) in [4.78, 5) is 26.1. The van der Waals surface area contributed by atoms with Crippen LogP contribution >= 0.6 is 11.3 Å². The number of ether oxygens (including phenoxy) is 2. The number of amides is 1. The van der Waals surface area contributed by atoms with Crippen LogP contribution in [0.4, 0.5) is 10.7 Å². The molecule has 2 aromatic rings. The van der Waals surface area contributed by atoms with Crippen molar-refractivity contribution in [2.45, 2.75) is 64.8 Å². The number of thiophene rings is 1. The van der Waals surface area contributed by atoms with E-state index in [1.54, 1.807) is 11.3 Å². The number of carbonyl (C=O) groups excluding carboxylic acids is 1. The normalized spacial score (nSPS) is 24.0. The molecule has 0 aromatic carbocycles. The van der Waals surface area contributed by atoms with Crippen molar-refractivity contribution >= 4 is 45.5 Å². The third kappa shape index (κ3) is 5.40. The summed E-state index contributed by atoms with van der Waals surface area (Å²) in [5.74, 6) is 0.966. The van der Waals surface area contributed by atoms with Crippen LogP contribution in [0.25, 0.3) is 15.9 Å². The van der Waals surface area contributed by atoms with Gasteiger partial charge in [-0.25, -0.2) is 14.8 Å². The van der Waals surface area contributed by atoms with E-state index in [2.05, 4.69) is 39.0 Å². The summed E-state index contributed by atoms with van der Waals surface area (Å²) >= 11 is 1.61. The van der Waals surface area contributed by atoms with Gasteiger partial charge in [-0.2, -0.15) is 0 Å². The number of anilines is 1. The zero-order valence-corrected chi connectivity index (χ0v) is 19.2. The Bertz CT molecular complexity index is 1010. The second-order valence-corrected chi connectivity index (χ2v) is 9.88. The lowest BCUT2D eigenvalue weighted by atomic mass is 10.0. The second-order valence-electron chi connectivity index (χ2n) is 8.97. The van der Waals surface area contributed by atoms with Gasteiger partial charge >= 0.3 is 6.09 Å². The van der Waals surface area contributed by atoms with Crippen LogP contribution in [0.5, 0.6) is 0 Å². The van der Waals surface area contributed by atoms with Gasteiger partial charge in [0.2, 0.25) is 5.95 Å². The lowest BCUT2D eigenvalue weighted by molar-refractivity contribution is -0.0237.